The summed E-state index contributed by atoms with van der Waals surface area (Å²) in [5.74, 6) is -0.721. The molecule has 0 spiro atoms. The highest BCUT2D eigenvalue weighted by atomic mass is 32.1. The van der Waals surface area contributed by atoms with Crippen LogP contribution in [0.15, 0.2) is 42.5 Å². The third-order valence-electron chi connectivity index (χ3n) is 3.15. The molecule has 0 fully saturated rings. The molecule has 1 aromatic carbocycles. The lowest BCUT2D eigenvalue weighted by atomic mass is 10.1. The van der Waals surface area contributed by atoms with Crippen LogP contribution < -0.4 is 5.32 Å². The molecule has 1 unspecified atom stereocenters. The van der Waals surface area contributed by atoms with E-state index in [1.807, 2.05) is 32.0 Å². The fourth-order valence-electron chi connectivity index (χ4n) is 2.05. The predicted octanol–water partition coefficient (Wildman–Crippen LogP) is 3.61. The largest absolute Gasteiger partial charge is 0.480 e. The van der Waals surface area contributed by atoms with E-state index in [0.29, 0.717) is 6.54 Å². The van der Waals surface area contributed by atoms with Crippen LogP contribution in [0.3, 0.4) is 0 Å². The van der Waals surface area contributed by atoms with Crippen LogP contribution in [0.5, 0.6) is 0 Å². The molecule has 4 heteroatoms. The Morgan fingerprint density at radius 2 is 1.90 bits per heavy atom. The van der Waals surface area contributed by atoms with Gasteiger partial charge in [-0.15, -0.1) is 11.3 Å². The maximum Gasteiger partial charge on any atom is 0.320 e. The highest BCUT2D eigenvalue weighted by molar-refractivity contribution is 7.15. The van der Waals surface area contributed by atoms with Crippen LogP contribution in [-0.4, -0.2) is 17.1 Å². The molecule has 1 atom stereocenters. The van der Waals surface area contributed by atoms with Gasteiger partial charge >= 0.3 is 5.97 Å². The molecule has 0 amide bonds. The van der Waals surface area contributed by atoms with Gasteiger partial charge in [-0.2, -0.15) is 0 Å². The van der Waals surface area contributed by atoms with E-state index in [-0.39, 0.29) is 5.92 Å². The third kappa shape index (κ3) is 3.68. The average Bonchev–Trinajstić information content (AvgIpc) is 2.88. The van der Waals surface area contributed by atoms with Crippen LogP contribution in [0.4, 0.5) is 0 Å². The molecule has 0 saturated carbocycles. The molecule has 0 bridgehead atoms. The van der Waals surface area contributed by atoms with Crippen LogP contribution >= 0.6 is 11.3 Å². The number of rotatable bonds is 6. The Bertz CT molecular complexity index is 563. The Morgan fingerprint density at radius 3 is 2.50 bits per heavy atom. The molecule has 106 valence electrons. The smallest absolute Gasteiger partial charge is 0.320 e. The summed E-state index contributed by atoms with van der Waals surface area (Å²) in [4.78, 5) is 13.5. The highest BCUT2D eigenvalue weighted by Crippen LogP contribution is 2.27. The normalized spacial score (nSPS) is 12.6. The highest BCUT2D eigenvalue weighted by Gasteiger charge is 2.20. The lowest BCUT2D eigenvalue weighted by Crippen LogP contribution is -2.40. The summed E-state index contributed by atoms with van der Waals surface area (Å²) < 4.78 is 0. The minimum atomic E-state index is -0.792. The van der Waals surface area contributed by atoms with Crippen LogP contribution in [-0.2, 0) is 11.3 Å². The second kappa shape index (κ2) is 6.68. The standard InChI is InChI=1S/C16H19NO2S/c1-11(2)15(16(18)19)17-10-13-8-9-14(20-13)12-6-4-3-5-7-12/h3-9,11,15,17H,10H2,1-2H3,(H,18,19). The van der Waals surface area contributed by atoms with Crippen molar-refractivity contribution in [1.29, 1.82) is 0 Å². The Labute approximate surface area is 123 Å². The Balaban J connectivity index is 2.02. The summed E-state index contributed by atoms with van der Waals surface area (Å²) in [5.41, 5.74) is 1.20. The van der Waals surface area contributed by atoms with Gasteiger partial charge < -0.3 is 5.11 Å². The van der Waals surface area contributed by atoms with Gasteiger partial charge in [-0.1, -0.05) is 44.2 Å². The van der Waals surface area contributed by atoms with Gasteiger partial charge in [0.1, 0.15) is 6.04 Å². The maximum atomic E-state index is 11.1. The zero-order valence-corrected chi connectivity index (χ0v) is 12.5. The molecule has 2 N–H and O–H groups in total. The van der Waals surface area contributed by atoms with Gasteiger partial charge in [-0.25, -0.2) is 0 Å². The van der Waals surface area contributed by atoms with Crippen molar-refractivity contribution < 1.29 is 9.90 Å². The summed E-state index contributed by atoms with van der Waals surface area (Å²) in [6, 6.07) is 13.8. The van der Waals surface area contributed by atoms with Gasteiger partial charge in [-0.3, -0.25) is 10.1 Å². The van der Waals surface area contributed by atoms with Crippen LogP contribution in [0.2, 0.25) is 0 Å². The first-order valence-corrected chi connectivity index (χ1v) is 7.50. The predicted molar refractivity (Wildman–Crippen MR) is 82.9 cm³/mol. The number of carbonyl (C=O) groups is 1. The van der Waals surface area contributed by atoms with E-state index in [1.165, 1.54) is 10.4 Å². The molecule has 20 heavy (non-hydrogen) atoms. The van der Waals surface area contributed by atoms with E-state index in [9.17, 15) is 4.79 Å². The first-order valence-electron chi connectivity index (χ1n) is 6.68. The molecular weight excluding hydrogens is 270 g/mol. The molecular formula is C16H19NO2S. The quantitative estimate of drug-likeness (QED) is 0.854. The van der Waals surface area contributed by atoms with Crippen molar-refractivity contribution in [2.75, 3.05) is 0 Å². The van der Waals surface area contributed by atoms with E-state index in [1.54, 1.807) is 11.3 Å². The SMILES string of the molecule is CC(C)C(NCc1ccc(-c2ccccc2)s1)C(=O)O. The average molecular weight is 289 g/mol. The van der Waals surface area contributed by atoms with Crippen molar-refractivity contribution in [1.82, 2.24) is 5.32 Å². The number of benzene rings is 1. The second-order valence-electron chi connectivity index (χ2n) is 5.07. The number of hydrogen-bond donors (Lipinski definition) is 2. The molecule has 0 aliphatic carbocycles. The number of aliphatic carboxylic acids is 1. The molecule has 0 aliphatic rings. The zero-order chi connectivity index (χ0) is 14.5. The van der Waals surface area contributed by atoms with Crippen molar-refractivity contribution >= 4 is 17.3 Å². The molecule has 0 saturated heterocycles. The lowest BCUT2D eigenvalue weighted by Gasteiger charge is -2.17. The van der Waals surface area contributed by atoms with Crippen molar-refractivity contribution in [3.8, 4) is 10.4 Å². The van der Waals surface area contributed by atoms with E-state index in [2.05, 4.69) is 29.6 Å². The van der Waals surface area contributed by atoms with E-state index in [0.717, 1.165) is 4.88 Å². The molecule has 1 heterocycles. The van der Waals surface area contributed by atoms with E-state index < -0.39 is 12.0 Å². The van der Waals surface area contributed by atoms with Crippen LogP contribution in [0.25, 0.3) is 10.4 Å². The van der Waals surface area contributed by atoms with Gasteiger partial charge in [0, 0.05) is 16.3 Å². The monoisotopic (exact) mass is 289 g/mol. The minimum Gasteiger partial charge on any atom is -0.480 e. The number of thiophene rings is 1. The number of carboxylic acid groups (broad SMARTS) is 1. The molecule has 1 aromatic heterocycles. The fourth-order valence-corrected chi connectivity index (χ4v) is 3.01. The molecule has 0 radical (unpaired) electrons. The second-order valence-corrected chi connectivity index (χ2v) is 6.24. The van der Waals surface area contributed by atoms with Crippen molar-refractivity contribution in [3.63, 3.8) is 0 Å². The Kier molecular flexibility index (Phi) is 4.93. The van der Waals surface area contributed by atoms with Crippen molar-refractivity contribution in [3.05, 3.63) is 47.3 Å². The lowest BCUT2D eigenvalue weighted by molar-refractivity contribution is -0.140. The van der Waals surface area contributed by atoms with Crippen molar-refractivity contribution in [2.24, 2.45) is 5.92 Å². The number of nitrogens with one attached hydrogen (secondary N) is 1. The van der Waals surface area contributed by atoms with Gasteiger partial charge in [0.15, 0.2) is 0 Å². The van der Waals surface area contributed by atoms with E-state index in [4.69, 9.17) is 5.11 Å². The molecule has 2 aromatic rings. The number of hydrogen-bond acceptors (Lipinski definition) is 3. The summed E-state index contributed by atoms with van der Waals surface area (Å²) in [6.45, 7) is 4.41. The summed E-state index contributed by atoms with van der Waals surface area (Å²) in [7, 11) is 0. The molecule has 2 rings (SSSR count). The number of carboxylic acids is 1. The first-order chi connectivity index (χ1) is 9.58. The third-order valence-corrected chi connectivity index (χ3v) is 4.28. The summed E-state index contributed by atoms with van der Waals surface area (Å²) in [5, 5.41) is 12.3. The first kappa shape index (κ1) is 14.8. The Hall–Kier alpha value is -1.65. The van der Waals surface area contributed by atoms with Gasteiger partial charge in [0.2, 0.25) is 0 Å². The zero-order valence-electron chi connectivity index (χ0n) is 11.7. The Morgan fingerprint density at radius 1 is 1.20 bits per heavy atom. The molecule has 0 aliphatic heterocycles. The minimum absolute atomic E-state index is 0.0704. The summed E-state index contributed by atoms with van der Waals surface area (Å²) in [6.07, 6.45) is 0. The molecule has 3 nitrogen and oxygen atoms in total. The van der Waals surface area contributed by atoms with Gasteiger partial charge in [0.05, 0.1) is 0 Å². The van der Waals surface area contributed by atoms with Crippen LogP contribution in [0, 0.1) is 5.92 Å². The van der Waals surface area contributed by atoms with Gasteiger partial charge in [-0.05, 0) is 23.6 Å². The van der Waals surface area contributed by atoms with Crippen molar-refractivity contribution in [2.45, 2.75) is 26.4 Å². The maximum absolute atomic E-state index is 11.1. The topological polar surface area (TPSA) is 49.3 Å². The van der Waals surface area contributed by atoms with E-state index >= 15 is 0 Å². The fraction of sp³-hybridized carbons (Fsp3) is 0.312. The summed E-state index contributed by atoms with van der Waals surface area (Å²) >= 11 is 1.70. The van der Waals surface area contributed by atoms with Gasteiger partial charge in [0.25, 0.3) is 0 Å². The van der Waals surface area contributed by atoms with Crippen LogP contribution in [0.1, 0.15) is 18.7 Å².